The molecule has 0 saturated carbocycles. The van der Waals surface area contributed by atoms with E-state index in [1.807, 2.05) is 0 Å². The van der Waals surface area contributed by atoms with Gasteiger partial charge in [-0.25, -0.2) is 16.8 Å². The molecule has 0 spiro atoms. The van der Waals surface area contributed by atoms with Gasteiger partial charge in [0.25, 0.3) is 0 Å². The van der Waals surface area contributed by atoms with Gasteiger partial charge in [0.2, 0.25) is 0 Å². The number of fused-ring (bicyclic) bond motifs is 4. The van der Waals surface area contributed by atoms with E-state index in [0.29, 0.717) is 0 Å². The SMILES string of the molecule is O.O.O=S(=O)([O-])C(F)(F)F.O=S(=O)([O-])C(F)(F)F.[Pd].[Pd].c1ccc(P(c2ccccc2)c2ccc3ccccc3c2-c2c(P(c3ccccc3)c3ccccc3)ccc3ccccc23)cc1.c1ccc(P(c2ccccc2)c2ccc3ccccc3c2-c2c(P(c3ccccc3)c3ccccc3)ccc3ccccc23)cc1. The molecule has 4 N–H and O–H groups in total. The molecule has 16 aromatic carbocycles. The van der Waals surface area contributed by atoms with Crippen LogP contribution in [0.1, 0.15) is 0 Å². The fraction of sp³-hybridized carbons (Fsp3) is 0.0222. The minimum Gasteiger partial charge on any atom is -0.741 e. The van der Waals surface area contributed by atoms with Crippen molar-refractivity contribution < 1.29 is 104 Å². The molecule has 0 atom stereocenters. The third kappa shape index (κ3) is 19.9. The summed E-state index contributed by atoms with van der Waals surface area (Å²) in [5, 5.41) is 26.7. The summed E-state index contributed by atoms with van der Waals surface area (Å²) in [5.41, 5.74) is -5.89. The summed E-state index contributed by atoms with van der Waals surface area (Å²) in [6.45, 7) is 0. The average Bonchev–Trinajstić information content (AvgIpc) is 0.736. The second kappa shape index (κ2) is 39.1. The Hall–Kier alpha value is -9.08. The van der Waals surface area contributed by atoms with Crippen LogP contribution in [0.25, 0.3) is 65.3 Å². The molecular formula is C90H68F6O8P4Pd2S2-2. The third-order valence-corrected chi connectivity index (χ3v) is 28.8. The van der Waals surface area contributed by atoms with E-state index in [4.69, 9.17) is 25.9 Å². The number of alkyl halides is 6. The molecule has 0 aliphatic rings. The molecule has 0 unspecified atom stereocenters. The van der Waals surface area contributed by atoms with E-state index in [9.17, 15) is 26.3 Å². The van der Waals surface area contributed by atoms with Gasteiger partial charge in [-0.2, -0.15) is 26.3 Å². The van der Waals surface area contributed by atoms with E-state index in [1.54, 1.807) is 0 Å². The van der Waals surface area contributed by atoms with Crippen molar-refractivity contribution >= 4 is 159 Å². The molecular weight excluding hydrogens is 1720 g/mol. The zero-order valence-corrected chi connectivity index (χ0v) is 67.2. The minimum absolute atomic E-state index is 0. The van der Waals surface area contributed by atoms with Crippen LogP contribution < -0.4 is 63.7 Å². The van der Waals surface area contributed by atoms with Crippen molar-refractivity contribution in [3.63, 3.8) is 0 Å². The van der Waals surface area contributed by atoms with E-state index < -0.39 is 62.9 Å². The van der Waals surface area contributed by atoms with Crippen molar-refractivity contribution in [2.45, 2.75) is 11.0 Å². The molecule has 0 fully saturated rings. The van der Waals surface area contributed by atoms with Crippen molar-refractivity contribution in [1.29, 1.82) is 0 Å². The van der Waals surface area contributed by atoms with Crippen LogP contribution in [0.3, 0.4) is 0 Å². The van der Waals surface area contributed by atoms with E-state index in [0.717, 1.165) is 0 Å². The maximum absolute atomic E-state index is 10.7. The van der Waals surface area contributed by atoms with Crippen molar-refractivity contribution in [2.24, 2.45) is 0 Å². The van der Waals surface area contributed by atoms with Crippen molar-refractivity contribution in [2.75, 3.05) is 0 Å². The van der Waals surface area contributed by atoms with Gasteiger partial charge >= 0.3 is 11.0 Å². The molecule has 0 aliphatic heterocycles. The van der Waals surface area contributed by atoms with Gasteiger partial charge in [-0.1, -0.05) is 388 Å². The molecule has 16 aromatic rings. The quantitative estimate of drug-likeness (QED) is 0.0344. The van der Waals surface area contributed by atoms with Crippen LogP contribution in [0.5, 0.6) is 0 Å². The fourth-order valence-electron chi connectivity index (χ4n) is 13.2. The van der Waals surface area contributed by atoms with Crippen molar-refractivity contribution in [3.05, 3.63) is 388 Å². The molecule has 0 radical (unpaired) electrons. The maximum atomic E-state index is 10.7. The monoisotopic (exact) mass is 1790 g/mol. The molecule has 0 heterocycles. The summed E-state index contributed by atoms with van der Waals surface area (Å²) in [7, 11) is -15.6. The second-order valence-corrected chi connectivity index (χ2v) is 36.0. The maximum Gasteiger partial charge on any atom is 0.485 e. The van der Waals surface area contributed by atoms with Crippen LogP contribution in [0.4, 0.5) is 26.3 Å². The van der Waals surface area contributed by atoms with Gasteiger partial charge in [-0.3, -0.25) is 0 Å². The summed E-state index contributed by atoms with van der Waals surface area (Å²) >= 11 is 0. The van der Waals surface area contributed by atoms with Gasteiger partial charge in [-0.15, -0.1) is 0 Å². The second-order valence-electron chi connectivity index (χ2n) is 24.5. The Morgan fingerprint density at radius 2 is 0.330 bits per heavy atom. The molecule has 572 valence electrons. The normalized spacial score (nSPS) is 11.4. The average molecular weight is 1790 g/mol. The smallest absolute Gasteiger partial charge is 0.485 e. The third-order valence-electron chi connectivity index (χ3n) is 17.8. The largest absolute Gasteiger partial charge is 0.741 e. The Morgan fingerprint density at radius 1 is 0.205 bits per heavy atom. The molecule has 0 aliphatic carbocycles. The zero-order valence-electron chi connectivity index (χ0n) is 58.9. The Balaban J connectivity index is 0.000000209. The van der Waals surface area contributed by atoms with Gasteiger partial charge in [0.05, 0.1) is 0 Å². The number of benzene rings is 16. The summed E-state index contributed by atoms with van der Waals surface area (Å²) in [6, 6.07) is 144. The van der Waals surface area contributed by atoms with Crippen LogP contribution >= 0.6 is 31.7 Å². The zero-order chi connectivity index (χ0) is 75.4. The number of hydrogen-bond acceptors (Lipinski definition) is 6. The van der Waals surface area contributed by atoms with E-state index in [-0.39, 0.29) is 51.8 Å². The first kappa shape index (κ1) is 86.9. The summed E-state index contributed by atoms with van der Waals surface area (Å²) in [6.07, 6.45) is 0. The molecule has 0 bridgehead atoms. The first-order valence-corrected chi connectivity index (χ1v) is 42.1. The van der Waals surface area contributed by atoms with Crippen LogP contribution in [-0.2, 0) is 61.1 Å². The molecule has 112 heavy (non-hydrogen) atoms. The standard InChI is InChI=1S/2C44H32P2.2CHF3O3S.2H2O.2Pd/c2*1-5-19-35(20-6-1)45(36-21-7-2-8-22-36)41-31-29-33-17-13-15-27-39(33)43(41)44-40-28-16-14-18-34(40)30-32-42(44)46(37-23-9-3-10-24-37)38-25-11-4-12-26-38;2*2-1(3,4)8(5,6)7;;;;/h2*1-32H;2*(H,5,6,7);2*1H2;;/p-2. The predicted octanol–water partition coefficient (Wildman–Crippen LogP) is 16.8. The predicted molar refractivity (Wildman–Crippen MR) is 447 cm³/mol. The molecule has 0 saturated heterocycles. The van der Waals surface area contributed by atoms with Crippen LogP contribution in [-0.4, -0.2) is 47.9 Å². The van der Waals surface area contributed by atoms with Crippen molar-refractivity contribution in [3.8, 4) is 22.3 Å². The summed E-state index contributed by atoms with van der Waals surface area (Å²) in [4.78, 5) is 0. The minimum atomic E-state index is -6.09. The van der Waals surface area contributed by atoms with E-state index in [1.165, 1.54) is 129 Å². The van der Waals surface area contributed by atoms with E-state index >= 15 is 0 Å². The van der Waals surface area contributed by atoms with Crippen LogP contribution in [0, 0.1) is 0 Å². The van der Waals surface area contributed by atoms with Crippen LogP contribution in [0.2, 0.25) is 0 Å². The number of halogens is 6. The first-order valence-electron chi connectivity index (χ1n) is 34.0. The van der Waals surface area contributed by atoms with E-state index in [2.05, 4.69) is 388 Å². The molecule has 16 rings (SSSR count). The number of hydrogen-bond donors (Lipinski definition) is 0. The van der Waals surface area contributed by atoms with Gasteiger partial charge in [0, 0.05) is 40.8 Å². The van der Waals surface area contributed by atoms with Gasteiger partial charge in [0.15, 0.2) is 20.2 Å². The molecule has 8 nitrogen and oxygen atoms in total. The topological polar surface area (TPSA) is 177 Å². The molecule has 22 heteroatoms. The fourth-order valence-corrected chi connectivity index (χ4v) is 23.1. The summed E-state index contributed by atoms with van der Waals surface area (Å²) < 4.78 is 118. The van der Waals surface area contributed by atoms with Gasteiger partial charge < -0.3 is 20.1 Å². The number of rotatable bonds is 14. The van der Waals surface area contributed by atoms with Crippen molar-refractivity contribution in [1.82, 2.24) is 0 Å². The Kier molecular flexibility index (Phi) is 30.3. The molecule has 0 amide bonds. The van der Waals surface area contributed by atoms with Crippen LogP contribution in [0.15, 0.2) is 388 Å². The molecule has 0 aromatic heterocycles. The Bertz CT molecular complexity index is 5150. The summed E-state index contributed by atoms with van der Waals surface area (Å²) in [5.74, 6) is 0. The Labute approximate surface area is 678 Å². The first-order chi connectivity index (χ1) is 52.2. The van der Waals surface area contributed by atoms with Gasteiger partial charge in [0.1, 0.15) is 0 Å². The van der Waals surface area contributed by atoms with Gasteiger partial charge in [-0.05, 0) is 161 Å². The Morgan fingerprint density at radius 3 is 0.464 bits per heavy atom.